The highest BCUT2D eigenvalue weighted by molar-refractivity contribution is 7.88. The first-order valence-electron chi connectivity index (χ1n) is 11.2. The van der Waals surface area contributed by atoms with Crippen LogP contribution in [-0.4, -0.2) is 84.6 Å². The number of rotatable bonds is 5. The summed E-state index contributed by atoms with van der Waals surface area (Å²) in [4.78, 5) is 13.0. The fourth-order valence-electron chi connectivity index (χ4n) is 4.43. The number of nitrogens with zero attached hydrogens (tertiary/aromatic N) is 4. The molecule has 4 N–H and O–H groups in total. The van der Waals surface area contributed by atoms with Crippen molar-refractivity contribution in [2.45, 2.75) is 82.3 Å². The first-order chi connectivity index (χ1) is 15.2. The standard InChI is InChI=1S/C20H33F3N6O3S/c1-12(20(21,22)23)14-11-15(17(24)28-16-5-4-8-19(16,2)30)27-18(26-14)25-13-6-9-29(10-7-13)33(3,31)32/h12-14,16,30H,4-11H2,1-3H3,(H2,24,28)(H,25,26)/t12-,14?,16-,19-/m1/s1. The highest BCUT2D eigenvalue weighted by atomic mass is 32.2. The van der Waals surface area contributed by atoms with Gasteiger partial charge in [-0.1, -0.05) is 6.92 Å². The zero-order chi connectivity index (χ0) is 24.6. The van der Waals surface area contributed by atoms with Gasteiger partial charge in [0.15, 0.2) is 0 Å². The fraction of sp³-hybridized carbons (Fsp3) is 0.850. The molecule has 1 saturated carbocycles. The van der Waals surface area contributed by atoms with Gasteiger partial charge in [-0.2, -0.15) is 13.2 Å². The van der Waals surface area contributed by atoms with Gasteiger partial charge in [-0.3, -0.25) is 4.99 Å². The summed E-state index contributed by atoms with van der Waals surface area (Å²) in [6.45, 7) is 3.37. The van der Waals surface area contributed by atoms with Crippen LogP contribution in [0.5, 0.6) is 0 Å². The first kappa shape index (κ1) is 25.9. The normalized spacial score (nSPS) is 31.8. The van der Waals surface area contributed by atoms with E-state index in [0.29, 0.717) is 38.8 Å². The Kier molecular flexibility index (Phi) is 7.45. The van der Waals surface area contributed by atoms with Gasteiger partial charge in [0.25, 0.3) is 0 Å². The largest absolute Gasteiger partial charge is 0.393 e. The summed E-state index contributed by atoms with van der Waals surface area (Å²) in [5.41, 5.74) is 5.35. The number of nitrogens with one attached hydrogen (secondary N) is 1. The van der Waals surface area contributed by atoms with Gasteiger partial charge in [-0.05, 0) is 39.0 Å². The Morgan fingerprint density at radius 2 is 1.97 bits per heavy atom. The van der Waals surface area contributed by atoms with Crippen LogP contribution in [0.15, 0.2) is 15.0 Å². The lowest BCUT2D eigenvalue weighted by atomic mass is 9.95. The second-order valence-corrected chi connectivity index (χ2v) is 11.5. The van der Waals surface area contributed by atoms with Gasteiger partial charge in [0.2, 0.25) is 16.0 Å². The van der Waals surface area contributed by atoms with Gasteiger partial charge in [0, 0.05) is 25.6 Å². The zero-order valence-corrected chi connectivity index (χ0v) is 20.0. The van der Waals surface area contributed by atoms with Gasteiger partial charge in [-0.25, -0.2) is 22.7 Å². The van der Waals surface area contributed by atoms with Crippen molar-refractivity contribution in [3.63, 3.8) is 0 Å². The molecule has 4 atom stereocenters. The number of aliphatic hydroxyl groups is 1. The molecule has 0 bridgehead atoms. The number of amidine groups is 1. The van der Waals surface area contributed by atoms with Crippen molar-refractivity contribution in [1.82, 2.24) is 9.62 Å². The lowest BCUT2D eigenvalue weighted by Gasteiger charge is -2.32. The number of hydrogen-bond acceptors (Lipinski definition) is 7. The highest BCUT2D eigenvalue weighted by Crippen LogP contribution is 2.34. The van der Waals surface area contributed by atoms with Crippen LogP contribution in [0.2, 0.25) is 0 Å². The van der Waals surface area contributed by atoms with Gasteiger partial charge < -0.3 is 16.2 Å². The Bertz CT molecular complexity index is 924. The van der Waals surface area contributed by atoms with Crippen LogP contribution in [0, 0.1) is 5.92 Å². The second kappa shape index (κ2) is 9.49. The number of sulfonamides is 1. The van der Waals surface area contributed by atoms with Crippen molar-refractivity contribution < 1.29 is 26.7 Å². The van der Waals surface area contributed by atoms with E-state index >= 15 is 0 Å². The van der Waals surface area contributed by atoms with Crippen molar-refractivity contribution in [2.24, 2.45) is 26.6 Å². The van der Waals surface area contributed by atoms with Crippen molar-refractivity contribution >= 4 is 27.5 Å². The second-order valence-electron chi connectivity index (χ2n) is 9.47. The highest BCUT2D eigenvalue weighted by Gasteiger charge is 2.43. The van der Waals surface area contributed by atoms with E-state index < -0.39 is 39.8 Å². The number of piperidine rings is 1. The van der Waals surface area contributed by atoms with E-state index in [1.807, 2.05) is 0 Å². The van der Waals surface area contributed by atoms with E-state index in [9.17, 15) is 26.7 Å². The molecule has 0 aromatic heterocycles. The van der Waals surface area contributed by atoms with Gasteiger partial charge in [0.1, 0.15) is 5.84 Å². The Morgan fingerprint density at radius 1 is 1.33 bits per heavy atom. The van der Waals surface area contributed by atoms with E-state index in [1.165, 1.54) is 4.31 Å². The third kappa shape index (κ3) is 6.44. The number of guanidine groups is 1. The zero-order valence-electron chi connectivity index (χ0n) is 19.1. The summed E-state index contributed by atoms with van der Waals surface area (Å²) >= 11 is 0. The molecule has 2 heterocycles. The Morgan fingerprint density at radius 3 is 2.48 bits per heavy atom. The summed E-state index contributed by atoms with van der Waals surface area (Å²) in [6, 6.07) is -1.73. The summed E-state index contributed by atoms with van der Waals surface area (Å²) < 4.78 is 65.1. The molecule has 9 nitrogen and oxygen atoms in total. The minimum Gasteiger partial charge on any atom is -0.388 e. The maximum atomic E-state index is 13.4. The lowest BCUT2D eigenvalue weighted by Crippen LogP contribution is -2.48. The molecule has 3 aliphatic rings. The molecular weight excluding hydrogens is 461 g/mol. The number of halogens is 3. The Labute approximate surface area is 192 Å². The van der Waals surface area contributed by atoms with Crippen molar-refractivity contribution in [3.05, 3.63) is 0 Å². The fourth-order valence-corrected chi connectivity index (χ4v) is 5.31. The molecule has 0 spiro atoms. The SMILES string of the molecule is C[C@H](C1CC(C(N)=N[C@@H]2CCC[C@@]2(C)O)=NC(NC2CCN(S(C)(=O)=O)CC2)=N1)C(F)(F)F. The predicted molar refractivity (Wildman–Crippen MR) is 121 cm³/mol. The third-order valence-electron chi connectivity index (χ3n) is 6.75. The monoisotopic (exact) mass is 494 g/mol. The molecule has 33 heavy (non-hydrogen) atoms. The van der Waals surface area contributed by atoms with Crippen molar-refractivity contribution in [1.29, 1.82) is 0 Å². The van der Waals surface area contributed by atoms with Crippen LogP contribution in [0.25, 0.3) is 0 Å². The van der Waals surface area contributed by atoms with Crippen LogP contribution in [0.3, 0.4) is 0 Å². The Hall–Kier alpha value is -1.73. The van der Waals surface area contributed by atoms with E-state index in [2.05, 4.69) is 20.3 Å². The predicted octanol–water partition coefficient (Wildman–Crippen LogP) is 1.43. The van der Waals surface area contributed by atoms with E-state index in [0.717, 1.165) is 19.6 Å². The number of nitrogens with two attached hydrogens (primary N) is 1. The minimum atomic E-state index is -4.44. The summed E-state index contributed by atoms with van der Waals surface area (Å²) in [7, 11) is -3.29. The van der Waals surface area contributed by atoms with E-state index in [1.54, 1.807) is 6.92 Å². The van der Waals surface area contributed by atoms with E-state index in [4.69, 9.17) is 5.73 Å². The molecule has 13 heteroatoms. The molecule has 188 valence electrons. The molecule has 1 saturated heterocycles. The molecule has 1 unspecified atom stereocenters. The van der Waals surface area contributed by atoms with Gasteiger partial charge >= 0.3 is 6.18 Å². The van der Waals surface area contributed by atoms with Gasteiger partial charge in [0.05, 0.1) is 35.6 Å². The molecule has 0 aromatic rings. The smallest absolute Gasteiger partial charge is 0.388 e. The molecule has 2 fully saturated rings. The molecule has 0 amide bonds. The third-order valence-corrected chi connectivity index (χ3v) is 8.05. The van der Waals surface area contributed by atoms with Crippen LogP contribution >= 0.6 is 0 Å². The summed E-state index contributed by atoms with van der Waals surface area (Å²) in [6.07, 6.45) is -0.441. The average molecular weight is 495 g/mol. The number of alkyl halides is 3. The van der Waals surface area contributed by atoms with Crippen LogP contribution in [-0.2, 0) is 10.0 Å². The quantitative estimate of drug-likeness (QED) is 0.393. The van der Waals surface area contributed by atoms with Crippen LogP contribution < -0.4 is 11.1 Å². The Balaban J connectivity index is 1.80. The van der Waals surface area contributed by atoms with E-state index in [-0.39, 0.29) is 30.0 Å². The van der Waals surface area contributed by atoms with Crippen molar-refractivity contribution in [3.8, 4) is 0 Å². The minimum absolute atomic E-state index is 0.0163. The summed E-state index contributed by atoms with van der Waals surface area (Å²) in [5.74, 6) is -1.65. The molecule has 2 aliphatic heterocycles. The topological polar surface area (TPSA) is 133 Å². The number of aliphatic imine (C=N–C) groups is 3. The van der Waals surface area contributed by atoms with Crippen LogP contribution in [0.1, 0.15) is 52.4 Å². The lowest BCUT2D eigenvalue weighted by molar-refractivity contribution is -0.174. The molecule has 3 rings (SSSR count). The van der Waals surface area contributed by atoms with Crippen molar-refractivity contribution in [2.75, 3.05) is 19.3 Å². The number of hydrogen-bond donors (Lipinski definition) is 3. The molecule has 1 aliphatic carbocycles. The maximum absolute atomic E-state index is 13.4. The van der Waals surface area contributed by atoms with Crippen LogP contribution in [0.4, 0.5) is 13.2 Å². The molecule has 0 aromatic carbocycles. The maximum Gasteiger partial charge on any atom is 0.393 e. The first-order valence-corrected chi connectivity index (χ1v) is 13.0. The average Bonchev–Trinajstić information content (AvgIpc) is 3.04. The molecular formula is C20H33F3N6O3S. The molecule has 0 radical (unpaired) electrons. The summed E-state index contributed by atoms with van der Waals surface area (Å²) in [5, 5.41) is 13.5. The van der Waals surface area contributed by atoms with Gasteiger partial charge in [-0.15, -0.1) is 0 Å².